The van der Waals surface area contributed by atoms with Crippen LogP contribution in [0, 0.1) is 18.3 Å². The van der Waals surface area contributed by atoms with Crippen LogP contribution in [-0.2, 0) is 20.0 Å². The maximum Gasteiger partial charge on any atom is 0.264 e. The van der Waals surface area contributed by atoms with Crippen LogP contribution in [0.25, 0.3) is 16.8 Å². The summed E-state index contributed by atoms with van der Waals surface area (Å²) in [4.78, 5) is -0.0271. The zero-order chi connectivity index (χ0) is 27.6. The van der Waals surface area contributed by atoms with E-state index in [0.717, 1.165) is 0 Å². The fourth-order valence-electron chi connectivity index (χ4n) is 3.93. The van der Waals surface area contributed by atoms with Gasteiger partial charge in [-0.25, -0.2) is 21.6 Å². The molecular weight excluding hydrogens is 538 g/mol. The molecule has 10 nitrogen and oxygen atoms in total. The lowest BCUT2D eigenvalue weighted by atomic mass is 10.1. The Kier molecular flexibility index (Phi) is 6.69. The van der Waals surface area contributed by atoms with Crippen molar-refractivity contribution in [3.05, 3.63) is 108 Å². The summed E-state index contributed by atoms with van der Waals surface area (Å²) < 4.78 is 63.4. The molecule has 12 heteroatoms. The fourth-order valence-corrected chi connectivity index (χ4v) is 6.00. The number of nitriles is 1. The number of hydrogen-bond donors (Lipinski definition) is 2. The molecule has 196 valence electrons. The predicted molar refractivity (Wildman–Crippen MR) is 145 cm³/mol. The van der Waals surface area contributed by atoms with Gasteiger partial charge in [0.1, 0.15) is 17.5 Å². The van der Waals surface area contributed by atoms with E-state index in [1.165, 1.54) is 47.0 Å². The maximum absolute atomic E-state index is 13.2. The molecule has 0 saturated carbocycles. The number of aromatic nitrogens is 2. The minimum atomic E-state index is -4.05. The lowest BCUT2D eigenvalue weighted by Crippen LogP contribution is -2.16. The second-order valence-electron chi connectivity index (χ2n) is 8.46. The summed E-state index contributed by atoms with van der Waals surface area (Å²) in [6.07, 6.45) is 1.63. The van der Waals surface area contributed by atoms with E-state index in [4.69, 9.17) is 4.52 Å². The van der Waals surface area contributed by atoms with Crippen molar-refractivity contribution in [2.24, 2.45) is 0 Å². The second-order valence-corrected chi connectivity index (χ2v) is 11.8. The van der Waals surface area contributed by atoms with Gasteiger partial charge in [0.05, 0.1) is 15.5 Å². The van der Waals surface area contributed by atoms with E-state index in [2.05, 4.69) is 20.7 Å². The molecule has 3 aromatic carbocycles. The Morgan fingerprint density at radius 3 is 2.00 bits per heavy atom. The lowest BCUT2D eigenvalue weighted by Gasteiger charge is -2.13. The smallest absolute Gasteiger partial charge is 0.264 e. The van der Waals surface area contributed by atoms with Gasteiger partial charge in [-0.05, 0) is 48.9 Å². The topological polar surface area (TPSA) is 147 Å². The highest BCUT2D eigenvalue weighted by Crippen LogP contribution is 2.35. The summed E-state index contributed by atoms with van der Waals surface area (Å²) in [5.41, 5.74) is 2.26. The second kappa shape index (κ2) is 10.1. The molecule has 0 aliphatic carbocycles. The summed E-state index contributed by atoms with van der Waals surface area (Å²) in [7, 11) is -8.03. The third kappa shape index (κ3) is 5.26. The van der Waals surface area contributed by atoms with Crippen molar-refractivity contribution in [2.75, 3.05) is 9.44 Å². The number of hydrogen-bond acceptors (Lipinski definition) is 7. The number of anilines is 2. The van der Waals surface area contributed by atoms with Crippen LogP contribution in [0.15, 0.2) is 112 Å². The van der Waals surface area contributed by atoms with Gasteiger partial charge in [-0.15, -0.1) is 0 Å². The van der Waals surface area contributed by atoms with Crippen LogP contribution in [0.1, 0.15) is 11.3 Å². The molecule has 0 amide bonds. The molecule has 5 rings (SSSR count). The van der Waals surface area contributed by atoms with Crippen molar-refractivity contribution in [1.29, 1.82) is 5.26 Å². The molecule has 0 spiro atoms. The van der Waals surface area contributed by atoms with Gasteiger partial charge in [-0.2, -0.15) is 5.26 Å². The molecule has 0 bridgehead atoms. The number of nitrogens with zero attached hydrogens (tertiary/aromatic N) is 3. The Morgan fingerprint density at radius 2 is 1.41 bits per heavy atom. The number of nitrogens with one attached hydrogen (secondary N) is 2. The third-order valence-electron chi connectivity index (χ3n) is 5.77. The van der Waals surface area contributed by atoms with Crippen molar-refractivity contribution in [2.45, 2.75) is 16.7 Å². The third-order valence-corrected chi connectivity index (χ3v) is 8.49. The highest BCUT2D eigenvalue weighted by Gasteiger charge is 2.24. The van der Waals surface area contributed by atoms with Gasteiger partial charge >= 0.3 is 0 Å². The molecule has 0 aliphatic heterocycles. The van der Waals surface area contributed by atoms with Gasteiger partial charge in [0.25, 0.3) is 20.0 Å². The van der Waals surface area contributed by atoms with Gasteiger partial charge in [0.2, 0.25) is 5.88 Å². The maximum atomic E-state index is 13.2. The van der Waals surface area contributed by atoms with Gasteiger partial charge in [0.15, 0.2) is 0 Å². The number of rotatable bonds is 8. The summed E-state index contributed by atoms with van der Waals surface area (Å²) in [6.45, 7) is 1.66. The molecule has 0 aliphatic rings. The van der Waals surface area contributed by atoms with Crippen LogP contribution >= 0.6 is 0 Å². The molecule has 0 fully saturated rings. The Morgan fingerprint density at radius 1 is 0.821 bits per heavy atom. The zero-order valence-electron chi connectivity index (χ0n) is 20.4. The van der Waals surface area contributed by atoms with Gasteiger partial charge in [0, 0.05) is 23.5 Å². The van der Waals surface area contributed by atoms with Gasteiger partial charge in [-0.3, -0.25) is 4.72 Å². The van der Waals surface area contributed by atoms with Crippen molar-refractivity contribution < 1.29 is 21.4 Å². The Bertz CT molecular complexity index is 1890. The van der Waals surface area contributed by atoms with E-state index < -0.39 is 20.0 Å². The first-order chi connectivity index (χ1) is 18.7. The average molecular weight is 560 g/mol. The van der Waals surface area contributed by atoms with Crippen LogP contribution in [-0.4, -0.2) is 26.6 Å². The molecule has 39 heavy (non-hydrogen) atoms. The minimum absolute atomic E-state index is 0.0195. The molecule has 2 aromatic heterocycles. The van der Waals surface area contributed by atoms with Crippen LogP contribution < -0.4 is 9.44 Å². The quantitative estimate of drug-likeness (QED) is 0.274. The largest absolute Gasteiger partial charge is 0.338 e. The van der Waals surface area contributed by atoms with E-state index in [1.807, 2.05) is 30.3 Å². The SMILES string of the molecule is Cc1cc(NS(=O)(=O)c2ccc(-n3cc(-c4ccccc4)c(C#N)c3NS(=O)(=O)c3ccccc3)cc2)on1. The normalized spacial score (nSPS) is 11.6. The van der Waals surface area contributed by atoms with Crippen LogP contribution in [0.2, 0.25) is 0 Å². The lowest BCUT2D eigenvalue weighted by molar-refractivity contribution is 0.430. The van der Waals surface area contributed by atoms with Crippen LogP contribution in [0.5, 0.6) is 0 Å². The fraction of sp³-hybridized carbons (Fsp3) is 0.0370. The molecule has 5 aromatic rings. The van der Waals surface area contributed by atoms with Crippen molar-refractivity contribution in [1.82, 2.24) is 9.72 Å². The first kappa shape index (κ1) is 25.8. The molecule has 0 saturated heterocycles. The van der Waals surface area contributed by atoms with Crippen molar-refractivity contribution in [3.8, 4) is 22.9 Å². The zero-order valence-corrected chi connectivity index (χ0v) is 22.1. The van der Waals surface area contributed by atoms with Gasteiger partial charge < -0.3 is 9.09 Å². The molecule has 2 N–H and O–H groups in total. The van der Waals surface area contributed by atoms with E-state index in [1.54, 1.807) is 31.3 Å². The molecule has 0 atom stereocenters. The highest BCUT2D eigenvalue weighted by molar-refractivity contribution is 7.93. The monoisotopic (exact) mass is 559 g/mol. The van der Waals surface area contributed by atoms with Crippen LogP contribution in [0.4, 0.5) is 11.7 Å². The summed E-state index contributed by atoms with van der Waals surface area (Å²) in [5, 5.41) is 13.7. The first-order valence-electron chi connectivity index (χ1n) is 11.5. The van der Waals surface area contributed by atoms with E-state index in [9.17, 15) is 22.1 Å². The summed E-state index contributed by atoms with van der Waals surface area (Å²) in [5.74, 6) is -0.00294. The standard InChI is InChI=1S/C27H21N5O5S2/c1-19-16-26(37-29-19)30-38(33,34)23-14-12-21(13-15-23)32-18-25(20-8-4-2-5-9-20)24(17-28)27(32)31-39(35,36)22-10-6-3-7-11-22/h2-16,18,30-31H,1H3. The molecule has 0 radical (unpaired) electrons. The van der Waals surface area contributed by atoms with Crippen molar-refractivity contribution >= 4 is 31.7 Å². The number of sulfonamides is 2. The van der Waals surface area contributed by atoms with E-state index in [-0.39, 0.29) is 27.1 Å². The molecule has 2 heterocycles. The minimum Gasteiger partial charge on any atom is -0.338 e. The van der Waals surface area contributed by atoms with Crippen molar-refractivity contribution in [3.63, 3.8) is 0 Å². The predicted octanol–water partition coefficient (Wildman–Crippen LogP) is 4.91. The Balaban J connectivity index is 1.59. The Hall–Kier alpha value is -4.86. The van der Waals surface area contributed by atoms with Crippen LogP contribution in [0.3, 0.4) is 0 Å². The average Bonchev–Trinajstić information content (AvgIpc) is 3.51. The first-order valence-corrected chi connectivity index (χ1v) is 14.5. The van der Waals surface area contributed by atoms with E-state index >= 15 is 0 Å². The molecule has 0 unspecified atom stereocenters. The summed E-state index contributed by atoms with van der Waals surface area (Å²) >= 11 is 0. The highest BCUT2D eigenvalue weighted by atomic mass is 32.2. The summed E-state index contributed by atoms with van der Waals surface area (Å²) in [6, 6.07) is 26.2. The number of aryl methyl sites for hydroxylation is 1. The van der Waals surface area contributed by atoms with E-state index in [0.29, 0.717) is 22.5 Å². The number of benzene rings is 3. The molecular formula is C27H21N5O5S2. The Labute approximate surface area is 225 Å². The van der Waals surface area contributed by atoms with Gasteiger partial charge in [-0.1, -0.05) is 53.7 Å².